The quantitative estimate of drug-likeness (QED) is 0.817. The van der Waals surface area contributed by atoms with Gasteiger partial charge in [-0.2, -0.15) is 0 Å². The Balaban J connectivity index is 2.10. The summed E-state index contributed by atoms with van der Waals surface area (Å²) < 4.78 is 5.22. The molecular weight excluding hydrogens is 328 g/mol. The van der Waals surface area contributed by atoms with Crippen molar-refractivity contribution in [3.8, 4) is 5.75 Å². The molecular formula is C18H17ClN2O3. The Morgan fingerprint density at radius 1 is 1.12 bits per heavy atom. The second-order valence-electron chi connectivity index (χ2n) is 4.87. The first kappa shape index (κ1) is 17.6. The predicted octanol–water partition coefficient (Wildman–Crippen LogP) is 3.36. The number of carbonyl (C=O) groups excluding carboxylic acids is 2. The van der Waals surface area contributed by atoms with Gasteiger partial charge >= 0.3 is 0 Å². The fraction of sp³-hybridized carbons (Fsp3) is 0.111. The van der Waals surface area contributed by atoms with E-state index in [1.807, 2.05) is 12.1 Å². The molecule has 2 rings (SSSR count). The molecule has 0 aliphatic rings. The van der Waals surface area contributed by atoms with Crippen LogP contribution in [0.3, 0.4) is 0 Å². The maximum absolute atomic E-state index is 12.0. The molecule has 0 unspecified atom stereocenters. The van der Waals surface area contributed by atoms with E-state index < -0.39 is 0 Å². The van der Waals surface area contributed by atoms with Crippen LogP contribution in [0.5, 0.6) is 5.75 Å². The van der Waals surface area contributed by atoms with Gasteiger partial charge in [-0.1, -0.05) is 23.7 Å². The standard InChI is InChI=1S/C18H17ClN2O3/c1-20-18(23)13-6-9-15(16(11-13)24-2)21-17(22)10-5-12-3-7-14(19)8-4-12/h3-11H,1-2H3,(H,20,23)(H,21,22)/b10-5+. The van der Waals surface area contributed by atoms with Crippen molar-refractivity contribution < 1.29 is 14.3 Å². The average Bonchev–Trinajstić information content (AvgIpc) is 2.60. The number of amides is 2. The third-order valence-corrected chi connectivity index (χ3v) is 3.50. The minimum atomic E-state index is -0.309. The largest absolute Gasteiger partial charge is 0.495 e. The number of rotatable bonds is 5. The van der Waals surface area contributed by atoms with Crippen LogP contribution in [0.15, 0.2) is 48.5 Å². The van der Waals surface area contributed by atoms with Gasteiger partial charge in [0.25, 0.3) is 5.91 Å². The Labute approximate surface area is 145 Å². The topological polar surface area (TPSA) is 67.4 Å². The number of ether oxygens (including phenoxy) is 1. The number of hydrogen-bond acceptors (Lipinski definition) is 3. The summed E-state index contributed by atoms with van der Waals surface area (Å²) in [7, 11) is 3.02. The van der Waals surface area contributed by atoms with Gasteiger partial charge < -0.3 is 15.4 Å². The number of carbonyl (C=O) groups is 2. The van der Waals surface area contributed by atoms with Crippen molar-refractivity contribution >= 4 is 35.2 Å². The van der Waals surface area contributed by atoms with E-state index in [0.717, 1.165) is 5.56 Å². The summed E-state index contributed by atoms with van der Waals surface area (Å²) in [5, 5.41) is 5.89. The zero-order valence-corrected chi connectivity index (χ0v) is 14.1. The van der Waals surface area contributed by atoms with Crippen LogP contribution in [-0.4, -0.2) is 26.0 Å². The first-order valence-electron chi connectivity index (χ1n) is 7.18. The summed E-state index contributed by atoms with van der Waals surface area (Å²) in [5.41, 5.74) is 1.79. The summed E-state index contributed by atoms with van der Waals surface area (Å²) in [4.78, 5) is 23.7. The predicted molar refractivity (Wildman–Crippen MR) is 95.5 cm³/mol. The van der Waals surface area contributed by atoms with Crippen LogP contribution in [0.4, 0.5) is 5.69 Å². The third-order valence-electron chi connectivity index (χ3n) is 3.25. The first-order valence-corrected chi connectivity index (χ1v) is 7.56. The second kappa shape index (κ2) is 8.17. The van der Waals surface area contributed by atoms with Crippen molar-refractivity contribution in [2.24, 2.45) is 0 Å². The van der Waals surface area contributed by atoms with Crippen molar-refractivity contribution in [3.63, 3.8) is 0 Å². The molecule has 2 aromatic carbocycles. The molecule has 124 valence electrons. The zero-order valence-electron chi connectivity index (χ0n) is 13.3. The Morgan fingerprint density at radius 3 is 2.46 bits per heavy atom. The van der Waals surface area contributed by atoms with E-state index in [4.69, 9.17) is 16.3 Å². The molecule has 0 saturated carbocycles. The Morgan fingerprint density at radius 2 is 1.83 bits per heavy atom. The van der Waals surface area contributed by atoms with Gasteiger partial charge in [-0.05, 0) is 42.0 Å². The highest BCUT2D eigenvalue weighted by Crippen LogP contribution is 2.25. The van der Waals surface area contributed by atoms with Gasteiger partial charge in [-0.15, -0.1) is 0 Å². The Bertz CT molecular complexity index is 770. The molecule has 5 nitrogen and oxygen atoms in total. The lowest BCUT2D eigenvalue weighted by molar-refractivity contribution is -0.111. The highest BCUT2D eigenvalue weighted by molar-refractivity contribution is 6.30. The maximum atomic E-state index is 12.0. The molecule has 0 atom stereocenters. The lowest BCUT2D eigenvalue weighted by atomic mass is 10.1. The minimum absolute atomic E-state index is 0.228. The van der Waals surface area contributed by atoms with E-state index in [1.54, 1.807) is 43.5 Å². The van der Waals surface area contributed by atoms with E-state index in [2.05, 4.69) is 10.6 Å². The number of anilines is 1. The molecule has 2 N–H and O–H groups in total. The number of hydrogen-bond donors (Lipinski definition) is 2. The summed E-state index contributed by atoms with van der Waals surface area (Å²) >= 11 is 5.81. The van der Waals surface area contributed by atoms with Crippen LogP contribution >= 0.6 is 11.6 Å². The van der Waals surface area contributed by atoms with Gasteiger partial charge in [0.05, 0.1) is 12.8 Å². The second-order valence-corrected chi connectivity index (χ2v) is 5.30. The van der Waals surface area contributed by atoms with Crippen molar-refractivity contribution in [2.75, 3.05) is 19.5 Å². The Hall–Kier alpha value is -2.79. The molecule has 0 aliphatic carbocycles. The number of nitrogens with one attached hydrogen (secondary N) is 2. The normalized spacial score (nSPS) is 10.5. The fourth-order valence-corrected chi connectivity index (χ4v) is 2.13. The Kier molecular flexibility index (Phi) is 5.98. The van der Waals surface area contributed by atoms with Crippen molar-refractivity contribution in [2.45, 2.75) is 0 Å². The first-order chi connectivity index (χ1) is 11.5. The van der Waals surface area contributed by atoms with Crippen molar-refractivity contribution in [3.05, 3.63) is 64.7 Å². The molecule has 0 spiro atoms. The average molecular weight is 345 g/mol. The van der Waals surface area contributed by atoms with E-state index >= 15 is 0 Å². The van der Waals surface area contributed by atoms with Gasteiger partial charge in [0, 0.05) is 23.7 Å². The lowest BCUT2D eigenvalue weighted by Gasteiger charge is -2.10. The van der Waals surface area contributed by atoms with Gasteiger partial charge in [-0.3, -0.25) is 9.59 Å². The molecule has 0 saturated heterocycles. The zero-order chi connectivity index (χ0) is 17.5. The molecule has 0 fully saturated rings. The minimum Gasteiger partial charge on any atom is -0.495 e. The molecule has 2 amide bonds. The summed E-state index contributed by atoms with van der Waals surface area (Å²) in [5.74, 6) is -0.130. The van der Waals surface area contributed by atoms with E-state index in [1.165, 1.54) is 13.2 Å². The summed E-state index contributed by atoms with van der Waals surface area (Å²) in [6, 6.07) is 11.9. The maximum Gasteiger partial charge on any atom is 0.251 e. The number of halogens is 1. The van der Waals surface area contributed by atoms with Crippen LogP contribution in [0.2, 0.25) is 5.02 Å². The summed E-state index contributed by atoms with van der Waals surface area (Å²) in [6.45, 7) is 0. The van der Waals surface area contributed by atoms with Crippen molar-refractivity contribution in [1.82, 2.24) is 5.32 Å². The highest BCUT2D eigenvalue weighted by atomic mass is 35.5. The molecule has 0 bridgehead atoms. The van der Waals surface area contributed by atoms with E-state index in [9.17, 15) is 9.59 Å². The SMILES string of the molecule is CNC(=O)c1ccc(NC(=O)/C=C/c2ccc(Cl)cc2)c(OC)c1. The van der Waals surface area contributed by atoms with Crippen LogP contribution in [0.1, 0.15) is 15.9 Å². The molecule has 6 heteroatoms. The highest BCUT2D eigenvalue weighted by Gasteiger charge is 2.10. The molecule has 0 aromatic heterocycles. The number of benzene rings is 2. The van der Waals surface area contributed by atoms with Crippen LogP contribution in [0, 0.1) is 0 Å². The molecule has 0 aliphatic heterocycles. The van der Waals surface area contributed by atoms with Gasteiger partial charge in [0.1, 0.15) is 5.75 Å². The van der Waals surface area contributed by atoms with Crippen molar-refractivity contribution in [1.29, 1.82) is 0 Å². The van der Waals surface area contributed by atoms with Gasteiger partial charge in [0.15, 0.2) is 0 Å². The van der Waals surface area contributed by atoms with Crippen LogP contribution < -0.4 is 15.4 Å². The lowest BCUT2D eigenvalue weighted by Crippen LogP contribution is -2.18. The number of methoxy groups -OCH3 is 1. The van der Waals surface area contributed by atoms with E-state index in [-0.39, 0.29) is 11.8 Å². The smallest absolute Gasteiger partial charge is 0.251 e. The van der Waals surface area contributed by atoms with E-state index in [0.29, 0.717) is 22.0 Å². The van der Waals surface area contributed by atoms with Crippen LogP contribution in [-0.2, 0) is 4.79 Å². The fourth-order valence-electron chi connectivity index (χ4n) is 2.00. The monoisotopic (exact) mass is 344 g/mol. The van der Waals surface area contributed by atoms with Gasteiger partial charge in [0.2, 0.25) is 5.91 Å². The summed E-state index contributed by atoms with van der Waals surface area (Å²) in [6.07, 6.45) is 3.09. The molecule has 0 radical (unpaired) electrons. The third kappa shape index (κ3) is 4.60. The van der Waals surface area contributed by atoms with Gasteiger partial charge in [-0.25, -0.2) is 0 Å². The van der Waals surface area contributed by atoms with Crippen LogP contribution in [0.25, 0.3) is 6.08 Å². The molecule has 2 aromatic rings. The molecule has 24 heavy (non-hydrogen) atoms. The molecule has 0 heterocycles.